The van der Waals surface area contributed by atoms with Gasteiger partial charge in [0.05, 0.1) is 30.2 Å². The van der Waals surface area contributed by atoms with Crippen LogP contribution in [0.4, 0.5) is 0 Å². The Balaban J connectivity index is 1.95. The minimum absolute atomic E-state index is 0.0714. The zero-order chi connectivity index (χ0) is 15.3. The normalized spacial score (nSPS) is 20.5. The van der Waals surface area contributed by atoms with E-state index in [1.54, 1.807) is 0 Å². The third-order valence-corrected chi connectivity index (χ3v) is 4.97. The van der Waals surface area contributed by atoms with Crippen LogP contribution in [0, 0.1) is 5.92 Å². The number of sulfone groups is 1. The molecule has 0 bridgehead atoms. The summed E-state index contributed by atoms with van der Waals surface area (Å²) in [7, 11) is -3.06. The van der Waals surface area contributed by atoms with E-state index in [0.29, 0.717) is 18.8 Å². The molecule has 2 rings (SSSR count). The number of rotatable bonds is 5. The number of carbonyl (C=O) groups excluding carboxylic acids is 1. The Hall–Kier alpha value is -1.89. The molecule has 1 heterocycles. The summed E-state index contributed by atoms with van der Waals surface area (Å²) in [5, 5.41) is 3.88. The van der Waals surface area contributed by atoms with Crippen LogP contribution in [0.1, 0.15) is 18.9 Å². The van der Waals surface area contributed by atoms with Crippen molar-refractivity contribution in [1.29, 1.82) is 0 Å². The Kier molecular flexibility index (Phi) is 4.95. The lowest BCUT2D eigenvalue weighted by atomic mass is 10.1. The number of hydrazone groups is 1. The molecule has 6 nitrogen and oxygen atoms in total. The van der Waals surface area contributed by atoms with E-state index in [4.69, 9.17) is 4.74 Å². The molecule has 0 aliphatic carbocycles. The topological polar surface area (TPSA) is 84.8 Å². The molecule has 1 fully saturated rings. The maximum atomic E-state index is 11.8. The van der Waals surface area contributed by atoms with Crippen LogP contribution in [-0.4, -0.2) is 38.7 Å². The minimum atomic E-state index is -3.06. The fourth-order valence-corrected chi connectivity index (χ4v) is 3.87. The maximum Gasteiger partial charge on any atom is 0.244 e. The van der Waals surface area contributed by atoms with Gasteiger partial charge in [0.1, 0.15) is 5.75 Å². The smallest absolute Gasteiger partial charge is 0.244 e. The molecule has 21 heavy (non-hydrogen) atoms. The average Bonchev–Trinajstić information content (AvgIpc) is 2.81. The Morgan fingerprint density at radius 3 is 2.90 bits per heavy atom. The number of benzene rings is 1. The number of nitrogens with one attached hydrogen (secondary N) is 1. The van der Waals surface area contributed by atoms with E-state index in [0.717, 1.165) is 5.56 Å². The summed E-state index contributed by atoms with van der Waals surface area (Å²) in [4.78, 5) is 11.8. The second kappa shape index (κ2) is 6.71. The molecule has 1 atom stereocenters. The van der Waals surface area contributed by atoms with Crippen molar-refractivity contribution in [1.82, 2.24) is 5.43 Å². The van der Waals surface area contributed by atoms with Crippen molar-refractivity contribution in [2.24, 2.45) is 11.0 Å². The Labute approximate surface area is 124 Å². The van der Waals surface area contributed by atoms with Crippen molar-refractivity contribution in [3.8, 4) is 5.75 Å². The second-order valence-electron chi connectivity index (χ2n) is 4.81. The van der Waals surface area contributed by atoms with Gasteiger partial charge in [0.2, 0.25) is 5.91 Å². The molecule has 1 N–H and O–H groups in total. The van der Waals surface area contributed by atoms with E-state index in [1.165, 1.54) is 6.21 Å². The highest BCUT2D eigenvalue weighted by atomic mass is 32.2. The maximum absolute atomic E-state index is 11.8. The van der Waals surface area contributed by atoms with Gasteiger partial charge in [-0.2, -0.15) is 5.10 Å². The van der Waals surface area contributed by atoms with Crippen LogP contribution in [0.2, 0.25) is 0 Å². The molecule has 0 unspecified atom stereocenters. The Morgan fingerprint density at radius 1 is 1.48 bits per heavy atom. The predicted molar refractivity (Wildman–Crippen MR) is 80.1 cm³/mol. The molecule has 1 aliphatic rings. The summed E-state index contributed by atoms with van der Waals surface area (Å²) in [5.74, 6) is -0.205. The lowest BCUT2D eigenvalue weighted by Crippen LogP contribution is -2.27. The highest BCUT2D eigenvalue weighted by Crippen LogP contribution is 2.18. The van der Waals surface area contributed by atoms with Gasteiger partial charge in [-0.25, -0.2) is 13.8 Å². The summed E-state index contributed by atoms with van der Waals surface area (Å²) in [5.41, 5.74) is 3.14. The first kappa shape index (κ1) is 15.5. The van der Waals surface area contributed by atoms with Gasteiger partial charge in [0.25, 0.3) is 0 Å². The minimum Gasteiger partial charge on any atom is -0.493 e. The first-order valence-electron chi connectivity index (χ1n) is 6.77. The number of hydrogen-bond acceptors (Lipinski definition) is 5. The summed E-state index contributed by atoms with van der Waals surface area (Å²) < 4.78 is 28.1. The second-order valence-corrected chi connectivity index (χ2v) is 7.03. The summed E-state index contributed by atoms with van der Waals surface area (Å²) in [6.45, 7) is 2.42. The van der Waals surface area contributed by atoms with Crippen LogP contribution < -0.4 is 10.2 Å². The van der Waals surface area contributed by atoms with Gasteiger partial charge in [-0.15, -0.1) is 0 Å². The van der Waals surface area contributed by atoms with Gasteiger partial charge >= 0.3 is 0 Å². The predicted octanol–water partition coefficient (Wildman–Crippen LogP) is 0.970. The van der Waals surface area contributed by atoms with E-state index < -0.39 is 15.8 Å². The quantitative estimate of drug-likeness (QED) is 0.649. The Morgan fingerprint density at radius 2 is 2.24 bits per heavy atom. The zero-order valence-corrected chi connectivity index (χ0v) is 12.6. The van der Waals surface area contributed by atoms with E-state index in [1.807, 2.05) is 31.2 Å². The summed E-state index contributed by atoms with van der Waals surface area (Å²) in [6.07, 6.45) is 1.85. The molecule has 0 saturated carbocycles. The van der Waals surface area contributed by atoms with Gasteiger partial charge in [-0.05, 0) is 25.5 Å². The van der Waals surface area contributed by atoms with Crippen LogP contribution in [0.5, 0.6) is 5.75 Å². The number of ether oxygens (including phenoxy) is 1. The Bertz CT molecular complexity index is 640. The molecule has 0 aromatic heterocycles. The molecule has 1 aromatic carbocycles. The van der Waals surface area contributed by atoms with Gasteiger partial charge in [0, 0.05) is 5.56 Å². The molecule has 0 radical (unpaired) electrons. The van der Waals surface area contributed by atoms with Crippen molar-refractivity contribution in [2.75, 3.05) is 18.1 Å². The first-order valence-corrected chi connectivity index (χ1v) is 8.59. The van der Waals surface area contributed by atoms with Crippen molar-refractivity contribution in [3.63, 3.8) is 0 Å². The van der Waals surface area contributed by atoms with Crippen LogP contribution in [0.15, 0.2) is 29.4 Å². The van der Waals surface area contributed by atoms with Crippen LogP contribution in [-0.2, 0) is 14.6 Å². The molecule has 1 aromatic rings. The van der Waals surface area contributed by atoms with Gasteiger partial charge < -0.3 is 4.74 Å². The molecule has 7 heteroatoms. The fraction of sp³-hybridized carbons (Fsp3) is 0.429. The lowest BCUT2D eigenvalue weighted by molar-refractivity contribution is -0.124. The number of amides is 1. The standard InChI is InChI=1S/C14H18N2O4S/c1-2-20-13-6-4-3-5-11(13)9-15-16-14(17)12-7-8-21(18,19)10-12/h3-6,9,12H,2,7-8,10H2,1H3,(H,16,17)/b15-9-/t12-/m0/s1. The zero-order valence-electron chi connectivity index (χ0n) is 11.8. The van der Waals surface area contributed by atoms with Gasteiger partial charge in [-0.3, -0.25) is 4.79 Å². The fourth-order valence-electron chi connectivity index (χ4n) is 2.13. The van der Waals surface area contributed by atoms with E-state index in [9.17, 15) is 13.2 Å². The molecule has 114 valence electrons. The highest BCUT2D eigenvalue weighted by molar-refractivity contribution is 7.91. The van der Waals surface area contributed by atoms with Crippen molar-refractivity contribution in [3.05, 3.63) is 29.8 Å². The third-order valence-electron chi connectivity index (χ3n) is 3.20. The molecule has 1 saturated heterocycles. The number of carbonyl (C=O) groups is 1. The van der Waals surface area contributed by atoms with Crippen LogP contribution in [0.25, 0.3) is 0 Å². The molecular weight excluding hydrogens is 292 g/mol. The van der Waals surface area contributed by atoms with Crippen LogP contribution in [0.3, 0.4) is 0 Å². The SMILES string of the molecule is CCOc1ccccc1/C=N\NC(=O)[C@H]1CCS(=O)(=O)C1. The largest absolute Gasteiger partial charge is 0.493 e. The van der Waals surface area contributed by atoms with E-state index in [-0.39, 0.29) is 17.4 Å². The van der Waals surface area contributed by atoms with E-state index >= 15 is 0 Å². The molecule has 1 aliphatic heterocycles. The monoisotopic (exact) mass is 310 g/mol. The van der Waals surface area contributed by atoms with Crippen molar-refractivity contribution in [2.45, 2.75) is 13.3 Å². The van der Waals surface area contributed by atoms with Gasteiger partial charge in [-0.1, -0.05) is 12.1 Å². The molecule has 1 amide bonds. The summed E-state index contributed by atoms with van der Waals surface area (Å²) >= 11 is 0. The molecule has 0 spiro atoms. The van der Waals surface area contributed by atoms with Crippen molar-refractivity contribution < 1.29 is 17.9 Å². The van der Waals surface area contributed by atoms with Crippen LogP contribution >= 0.6 is 0 Å². The van der Waals surface area contributed by atoms with Gasteiger partial charge in [0.15, 0.2) is 9.84 Å². The summed E-state index contributed by atoms with van der Waals surface area (Å²) in [6, 6.07) is 7.33. The highest BCUT2D eigenvalue weighted by Gasteiger charge is 2.32. The van der Waals surface area contributed by atoms with Crippen molar-refractivity contribution >= 4 is 22.0 Å². The third kappa shape index (κ3) is 4.29. The number of para-hydroxylation sites is 1. The number of hydrogen-bond donors (Lipinski definition) is 1. The average molecular weight is 310 g/mol. The number of nitrogens with zero attached hydrogens (tertiary/aromatic N) is 1. The molecular formula is C14H18N2O4S. The lowest BCUT2D eigenvalue weighted by Gasteiger charge is -2.07. The van der Waals surface area contributed by atoms with E-state index in [2.05, 4.69) is 10.5 Å². The first-order chi connectivity index (χ1) is 10.0.